The minimum atomic E-state index is 0.332. The van der Waals surface area contributed by atoms with Crippen LogP contribution in [0.5, 0.6) is 0 Å². The molecule has 0 amide bonds. The highest BCUT2D eigenvalue weighted by atomic mass is 16.3. The highest BCUT2D eigenvalue weighted by molar-refractivity contribution is 6.06. The van der Waals surface area contributed by atoms with Crippen LogP contribution in [0, 0.1) is 0 Å². The lowest BCUT2D eigenvalue weighted by Gasteiger charge is -2.30. The zero-order valence-electron chi connectivity index (χ0n) is 25.6. The Kier molecular flexibility index (Phi) is 5.72. The lowest BCUT2D eigenvalue weighted by atomic mass is 9.89. The highest BCUT2D eigenvalue weighted by Crippen LogP contribution is 2.45. The van der Waals surface area contributed by atoms with Gasteiger partial charge in [0, 0.05) is 51.5 Å². The Hall–Kier alpha value is -5.28. The summed E-state index contributed by atoms with van der Waals surface area (Å²) in [4.78, 5) is 2.42. The van der Waals surface area contributed by atoms with Crippen molar-refractivity contribution in [3.05, 3.63) is 155 Å². The predicted molar refractivity (Wildman–Crippen MR) is 188 cm³/mol. The number of aryl methyl sites for hydroxylation is 2. The fourth-order valence-corrected chi connectivity index (χ4v) is 8.16. The van der Waals surface area contributed by atoms with Crippen LogP contribution in [0.2, 0.25) is 0 Å². The maximum Gasteiger partial charge on any atom is 0.137 e. The van der Waals surface area contributed by atoms with Crippen LogP contribution in [0.3, 0.4) is 0 Å². The van der Waals surface area contributed by atoms with Gasteiger partial charge in [0.2, 0.25) is 0 Å². The molecule has 222 valence electrons. The second kappa shape index (κ2) is 10.1. The Bertz CT molecular complexity index is 2400. The van der Waals surface area contributed by atoms with E-state index in [2.05, 4.69) is 120 Å². The van der Waals surface area contributed by atoms with Crippen molar-refractivity contribution in [1.29, 1.82) is 0 Å². The number of anilines is 2. The van der Waals surface area contributed by atoms with E-state index in [-0.39, 0.29) is 0 Å². The Morgan fingerprint density at radius 3 is 2.46 bits per heavy atom. The van der Waals surface area contributed by atoms with Gasteiger partial charge in [0.25, 0.3) is 0 Å². The molecule has 2 heterocycles. The third kappa shape index (κ3) is 3.98. The van der Waals surface area contributed by atoms with Gasteiger partial charge in [-0.25, -0.2) is 0 Å². The maximum absolute atomic E-state index is 6.47. The largest absolute Gasteiger partial charge is 0.461 e. The molecule has 3 aliphatic rings. The summed E-state index contributed by atoms with van der Waals surface area (Å²) in [6, 6.07) is 37.5. The summed E-state index contributed by atoms with van der Waals surface area (Å²) in [6.45, 7) is 0. The van der Waals surface area contributed by atoms with E-state index in [0.29, 0.717) is 5.92 Å². The first-order valence-electron chi connectivity index (χ1n) is 16.6. The third-order valence-corrected chi connectivity index (χ3v) is 10.4. The van der Waals surface area contributed by atoms with Gasteiger partial charge in [0.15, 0.2) is 0 Å². The van der Waals surface area contributed by atoms with Crippen molar-refractivity contribution in [2.45, 2.75) is 44.4 Å². The van der Waals surface area contributed by atoms with Crippen LogP contribution in [0.25, 0.3) is 44.0 Å². The molecule has 0 radical (unpaired) electrons. The summed E-state index contributed by atoms with van der Waals surface area (Å²) >= 11 is 0. The number of benzene rings is 5. The van der Waals surface area contributed by atoms with Gasteiger partial charge in [-0.1, -0.05) is 78.9 Å². The number of nitrogens with zero attached hydrogens (tertiary/aromatic N) is 1. The zero-order chi connectivity index (χ0) is 30.2. The quantitative estimate of drug-likeness (QED) is 0.203. The molecule has 5 aromatic carbocycles. The van der Waals surface area contributed by atoms with E-state index in [0.717, 1.165) is 64.7 Å². The van der Waals surface area contributed by atoms with E-state index >= 15 is 0 Å². The number of hydrogen-bond acceptors (Lipinski definition) is 3. The van der Waals surface area contributed by atoms with E-state index < -0.39 is 0 Å². The first-order chi connectivity index (χ1) is 22.8. The minimum Gasteiger partial charge on any atom is -0.461 e. The SMILES string of the molecule is C1=CC(c2ccc3c(c2)-c2ccccc2C3)CC=C1N(c1ccc2c(c1)oc1ccccc12)c1cccc2oc3c(c12)CCCC3. The number of furan rings is 2. The van der Waals surface area contributed by atoms with Crippen molar-refractivity contribution in [1.82, 2.24) is 0 Å². The number of allylic oxidation sites excluding steroid dienone is 3. The third-order valence-electron chi connectivity index (χ3n) is 10.4. The van der Waals surface area contributed by atoms with E-state index in [1.54, 1.807) is 0 Å². The van der Waals surface area contributed by atoms with E-state index in [1.165, 1.54) is 63.0 Å². The summed E-state index contributed by atoms with van der Waals surface area (Å²) in [5.74, 6) is 1.49. The lowest BCUT2D eigenvalue weighted by Crippen LogP contribution is -2.18. The normalized spacial score (nSPS) is 16.9. The highest BCUT2D eigenvalue weighted by Gasteiger charge is 2.26. The molecule has 0 spiro atoms. The number of hydrogen-bond donors (Lipinski definition) is 0. The number of rotatable bonds is 4. The molecule has 0 saturated carbocycles. The van der Waals surface area contributed by atoms with E-state index in [9.17, 15) is 0 Å². The fraction of sp³-hybridized carbons (Fsp3) is 0.163. The van der Waals surface area contributed by atoms with Crippen molar-refractivity contribution >= 4 is 44.3 Å². The molecule has 3 aliphatic carbocycles. The summed E-state index contributed by atoms with van der Waals surface area (Å²) in [5, 5.41) is 3.54. The van der Waals surface area contributed by atoms with Gasteiger partial charge in [-0.05, 0) is 96.3 Å². The topological polar surface area (TPSA) is 29.5 Å². The van der Waals surface area contributed by atoms with Crippen LogP contribution < -0.4 is 4.90 Å². The second-order valence-corrected chi connectivity index (χ2v) is 13.1. The molecule has 2 aromatic heterocycles. The molecular weight excluding hydrogens is 562 g/mol. The van der Waals surface area contributed by atoms with Gasteiger partial charge in [-0.15, -0.1) is 0 Å². The van der Waals surface area contributed by atoms with Crippen molar-refractivity contribution < 1.29 is 8.83 Å². The molecule has 3 heteroatoms. The Balaban J connectivity index is 1.08. The van der Waals surface area contributed by atoms with Crippen LogP contribution in [0.15, 0.2) is 136 Å². The van der Waals surface area contributed by atoms with Crippen LogP contribution in [0.4, 0.5) is 11.4 Å². The van der Waals surface area contributed by atoms with Gasteiger partial charge in [0.1, 0.15) is 22.5 Å². The molecule has 0 aliphatic heterocycles. The maximum atomic E-state index is 6.47. The molecule has 1 unspecified atom stereocenters. The molecule has 0 N–H and O–H groups in total. The first-order valence-corrected chi connectivity index (χ1v) is 16.6. The summed E-state index contributed by atoms with van der Waals surface area (Å²) < 4.78 is 12.9. The lowest BCUT2D eigenvalue weighted by molar-refractivity contribution is 0.506. The van der Waals surface area contributed by atoms with Gasteiger partial charge < -0.3 is 13.7 Å². The predicted octanol–water partition coefficient (Wildman–Crippen LogP) is 11.5. The van der Waals surface area contributed by atoms with Crippen molar-refractivity contribution in [2.75, 3.05) is 4.90 Å². The number of fused-ring (bicyclic) bond motifs is 9. The summed E-state index contributed by atoms with van der Waals surface area (Å²) in [7, 11) is 0. The van der Waals surface area contributed by atoms with Gasteiger partial charge in [-0.3, -0.25) is 0 Å². The smallest absolute Gasteiger partial charge is 0.137 e. The molecule has 10 rings (SSSR count). The van der Waals surface area contributed by atoms with Crippen LogP contribution in [-0.2, 0) is 19.3 Å². The second-order valence-electron chi connectivity index (χ2n) is 13.1. The minimum absolute atomic E-state index is 0.332. The average molecular weight is 596 g/mol. The number of para-hydroxylation sites is 1. The zero-order valence-corrected chi connectivity index (χ0v) is 25.6. The molecular formula is C43H33NO2. The van der Waals surface area contributed by atoms with Gasteiger partial charge in [0.05, 0.1) is 5.69 Å². The van der Waals surface area contributed by atoms with E-state index in [1.807, 2.05) is 6.07 Å². The Morgan fingerprint density at radius 2 is 1.50 bits per heavy atom. The van der Waals surface area contributed by atoms with Crippen molar-refractivity contribution in [3.63, 3.8) is 0 Å². The van der Waals surface area contributed by atoms with Gasteiger partial charge in [-0.2, -0.15) is 0 Å². The molecule has 0 bridgehead atoms. The average Bonchev–Trinajstić information content (AvgIpc) is 3.79. The van der Waals surface area contributed by atoms with Crippen molar-refractivity contribution in [3.8, 4) is 11.1 Å². The molecule has 1 atom stereocenters. The molecule has 7 aromatic rings. The molecule has 3 nitrogen and oxygen atoms in total. The van der Waals surface area contributed by atoms with Crippen LogP contribution >= 0.6 is 0 Å². The standard InChI is InChI=1S/C43H33NO2/c1-2-9-33-29(8-1)24-30-17-16-28(25-37(30)33)27-18-20-31(21-19-27)44(32-22-23-35-34-10-3-5-13-39(34)46-42(35)26-32)38-12-7-15-41-43(38)36-11-4-6-14-40(36)45-41/h1-3,5,7-10,12-13,15-18,20-23,25-27H,4,6,11,14,19,24H2. The Morgan fingerprint density at radius 1 is 0.652 bits per heavy atom. The molecule has 0 saturated heterocycles. The summed E-state index contributed by atoms with van der Waals surface area (Å²) in [5.41, 5.74) is 14.7. The van der Waals surface area contributed by atoms with Crippen molar-refractivity contribution in [2.24, 2.45) is 0 Å². The summed E-state index contributed by atoms with van der Waals surface area (Å²) in [6.07, 6.45) is 13.6. The first kappa shape index (κ1) is 26.0. The monoisotopic (exact) mass is 595 g/mol. The van der Waals surface area contributed by atoms with E-state index in [4.69, 9.17) is 8.83 Å². The molecule has 0 fully saturated rings. The van der Waals surface area contributed by atoms with Crippen LogP contribution in [-0.4, -0.2) is 0 Å². The van der Waals surface area contributed by atoms with Gasteiger partial charge >= 0.3 is 0 Å². The fourth-order valence-electron chi connectivity index (χ4n) is 8.16. The molecule has 46 heavy (non-hydrogen) atoms. The Labute approximate surface area is 268 Å². The van der Waals surface area contributed by atoms with Crippen LogP contribution in [0.1, 0.15) is 53.2 Å².